The Kier molecular flexibility index (Phi) is 2.87. The molecule has 0 radical (unpaired) electrons. The van der Waals surface area contributed by atoms with E-state index in [-0.39, 0.29) is 5.69 Å². The average molecular weight is 306 g/mol. The van der Waals surface area contributed by atoms with Gasteiger partial charge in [0.1, 0.15) is 5.69 Å². The van der Waals surface area contributed by atoms with Gasteiger partial charge in [-0.3, -0.25) is 10.1 Å². The minimum atomic E-state index is -0.839. The number of hydrogen-bond acceptors (Lipinski definition) is 2. The molecule has 0 N–H and O–H groups in total. The molecule has 0 amide bonds. The molecule has 0 spiro atoms. The molecule has 4 nitrogen and oxygen atoms in total. The number of nitro benzene ring substituents is 1. The minimum Gasteiger partial charge on any atom is -0.303 e. The molecule has 0 bridgehead atoms. The van der Waals surface area contributed by atoms with Gasteiger partial charge >= 0.3 is 5.69 Å². The molecule has 4 rings (SSSR count). The van der Waals surface area contributed by atoms with Crippen molar-refractivity contribution in [3.63, 3.8) is 0 Å². The van der Waals surface area contributed by atoms with E-state index in [2.05, 4.69) is 0 Å². The van der Waals surface area contributed by atoms with Gasteiger partial charge in [0.05, 0.1) is 16.0 Å². The predicted octanol–water partition coefficient (Wildman–Crippen LogP) is 4.83. The highest BCUT2D eigenvalue weighted by molar-refractivity contribution is 6.09. The van der Waals surface area contributed by atoms with Crippen LogP contribution in [0, 0.1) is 15.9 Å². The lowest BCUT2D eigenvalue weighted by molar-refractivity contribution is -0.387. The number of hydrogen-bond donors (Lipinski definition) is 0. The zero-order valence-corrected chi connectivity index (χ0v) is 11.9. The first kappa shape index (κ1) is 13.5. The fraction of sp³-hybridized carbons (Fsp3) is 0. The molecule has 1 aromatic heterocycles. The van der Waals surface area contributed by atoms with Crippen molar-refractivity contribution < 1.29 is 9.31 Å². The Labute approximate surface area is 130 Å². The Bertz CT molecular complexity index is 1020. The van der Waals surface area contributed by atoms with Gasteiger partial charge in [-0.1, -0.05) is 42.5 Å². The van der Waals surface area contributed by atoms with Crippen LogP contribution in [0.2, 0.25) is 0 Å². The summed E-state index contributed by atoms with van der Waals surface area (Å²) in [7, 11) is 0. The molecule has 23 heavy (non-hydrogen) atoms. The molecule has 5 heteroatoms. The van der Waals surface area contributed by atoms with Crippen molar-refractivity contribution >= 4 is 27.5 Å². The molecule has 3 aromatic carbocycles. The monoisotopic (exact) mass is 306 g/mol. The van der Waals surface area contributed by atoms with Crippen molar-refractivity contribution in [2.75, 3.05) is 0 Å². The van der Waals surface area contributed by atoms with E-state index in [0.29, 0.717) is 0 Å². The standard InChI is InChI=1S/C18H11FN2O2/c19-14-8-5-11-17(18(14)21(22)23)20-15-9-3-1-6-12(15)13-7-2-4-10-16(13)20/h1-11H. The van der Waals surface area contributed by atoms with E-state index >= 15 is 0 Å². The van der Waals surface area contributed by atoms with E-state index in [1.165, 1.54) is 6.07 Å². The molecule has 1 heterocycles. The number of benzene rings is 3. The van der Waals surface area contributed by atoms with Gasteiger partial charge in [-0.2, -0.15) is 4.39 Å². The Morgan fingerprint density at radius 2 is 1.39 bits per heavy atom. The molecular weight excluding hydrogens is 295 g/mol. The van der Waals surface area contributed by atoms with Gasteiger partial charge < -0.3 is 4.57 Å². The zero-order chi connectivity index (χ0) is 16.0. The third kappa shape index (κ3) is 1.90. The first-order valence-electron chi connectivity index (χ1n) is 7.10. The number of aromatic nitrogens is 1. The van der Waals surface area contributed by atoms with Gasteiger partial charge in [0.2, 0.25) is 5.82 Å². The van der Waals surface area contributed by atoms with Gasteiger partial charge in [0.15, 0.2) is 0 Å². The predicted molar refractivity (Wildman–Crippen MR) is 87.4 cm³/mol. The molecular formula is C18H11FN2O2. The molecule has 0 unspecified atom stereocenters. The quantitative estimate of drug-likeness (QED) is 0.393. The van der Waals surface area contributed by atoms with Crippen molar-refractivity contribution in [3.05, 3.63) is 82.7 Å². The molecule has 112 valence electrons. The highest BCUT2D eigenvalue weighted by Crippen LogP contribution is 2.35. The first-order valence-corrected chi connectivity index (χ1v) is 7.10. The van der Waals surface area contributed by atoms with E-state index in [1.54, 1.807) is 10.6 Å². The van der Waals surface area contributed by atoms with Crippen LogP contribution in [0.15, 0.2) is 66.7 Å². The van der Waals surface area contributed by atoms with Gasteiger partial charge in [-0.25, -0.2) is 0 Å². The summed E-state index contributed by atoms with van der Waals surface area (Å²) in [4.78, 5) is 10.7. The van der Waals surface area contributed by atoms with Gasteiger partial charge in [0.25, 0.3) is 0 Å². The number of halogens is 1. The van der Waals surface area contributed by atoms with E-state index in [1.807, 2.05) is 48.5 Å². The van der Waals surface area contributed by atoms with Gasteiger partial charge in [0, 0.05) is 10.8 Å². The lowest BCUT2D eigenvalue weighted by Gasteiger charge is -2.08. The normalized spacial score (nSPS) is 11.2. The number of rotatable bonds is 2. The SMILES string of the molecule is O=[N+]([O-])c1c(F)cccc1-n1c2ccccc2c2ccccc21. The number of fused-ring (bicyclic) bond motifs is 3. The number of para-hydroxylation sites is 3. The zero-order valence-electron chi connectivity index (χ0n) is 11.9. The van der Waals surface area contributed by atoms with Gasteiger partial charge in [-0.15, -0.1) is 0 Å². The molecule has 0 saturated carbocycles. The van der Waals surface area contributed by atoms with Crippen LogP contribution in [-0.4, -0.2) is 9.49 Å². The fourth-order valence-corrected chi connectivity index (χ4v) is 3.05. The summed E-state index contributed by atoms with van der Waals surface area (Å²) in [6.45, 7) is 0. The average Bonchev–Trinajstić information content (AvgIpc) is 2.89. The third-order valence-corrected chi connectivity index (χ3v) is 3.97. The summed E-state index contributed by atoms with van der Waals surface area (Å²) in [5.41, 5.74) is 1.33. The largest absolute Gasteiger partial charge is 0.328 e. The van der Waals surface area contributed by atoms with E-state index in [4.69, 9.17) is 0 Å². The minimum absolute atomic E-state index is 0.229. The molecule has 0 atom stereocenters. The maximum Gasteiger partial charge on any atom is 0.328 e. The van der Waals surface area contributed by atoms with Gasteiger partial charge in [-0.05, 0) is 24.3 Å². The molecule has 4 aromatic rings. The second-order valence-corrected chi connectivity index (χ2v) is 5.23. The number of nitrogens with zero attached hydrogens (tertiary/aromatic N) is 2. The van der Waals surface area contributed by atoms with Crippen LogP contribution < -0.4 is 0 Å². The molecule has 0 fully saturated rings. The van der Waals surface area contributed by atoms with Crippen LogP contribution >= 0.6 is 0 Å². The molecule has 0 saturated heterocycles. The van der Waals surface area contributed by atoms with Crippen LogP contribution in [0.25, 0.3) is 27.5 Å². The molecule has 0 aliphatic carbocycles. The van der Waals surface area contributed by atoms with Crippen LogP contribution in [0.1, 0.15) is 0 Å². The van der Waals surface area contributed by atoms with E-state index < -0.39 is 16.4 Å². The van der Waals surface area contributed by atoms with Crippen LogP contribution in [0.5, 0.6) is 0 Å². The Hall–Kier alpha value is -3.21. The second-order valence-electron chi connectivity index (χ2n) is 5.23. The Morgan fingerprint density at radius 3 is 1.96 bits per heavy atom. The van der Waals surface area contributed by atoms with E-state index in [0.717, 1.165) is 27.9 Å². The molecule has 0 aliphatic rings. The fourth-order valence-electron chi connectivity index (χ4n) is 3.05. The number of nitro groups is 1. The first-order chi connectivity index (χ1) is 11.2. The van der Waals surface area contributed by atoms with Crippen LogP contribution in [-0.2, 0) is 0 Å². The lowest BCUT2D eigenvalue weighted by atomic mass is 10.2. The van der Waals surface area contributed by atoms with Crippen molar-refractivity contribution in [2.45, 2.75) is 0 Å². The molecule has 0 aliphatic heterocycles. The summed E-state index contributed by atoms with van der Waals surface area (Å²) in [5, 5.41) is 13.3. The smallest absolute Gasteiger partial charge is 0.303 e. The Morgan fingerprint density at radius 1 is 0.826 bits per heavy atom. The van der Waals surface area contributed by atoms with Crippen molar-refractivity contribution in [3.8, 4) is 5.69 Å². The maximum atomic E-state index is 14.0. The van der Waals surface area contributed by atoms with Crippen LogP contribution in [0.3, 0.4) is 0 Å². The Balaban J connectivity index is 2.22. The summed E-state index contributed by atoms with van der Waals surface area (Å²) in [6.07, 6.45) is 0. The highest BCUT2D eigenvalue weighted by Gasteiger charge is 2.23. The van der Waals surface area contributed by atoms with Crippen molar-refractivity contribution in [1.29, 1.82) is 0 Å². The summed E-state index contributed by atoms with van der Waals surface area (Å²) in [5.74, 6) is -0.839. The van der Waals surface area contributed by atoms with Crippen molar-refractivity contribution in [1.82, 2.24) is 4.57 Å². The summed E-state index contributed by atoms with van der Waals surface area (Å²) >= 11 is 0. The third-order valence-electron chi connectivity index (χ3n) is 3.97. The summed E-state index contributed by atoms with van der Waals surface area (Å²) in [6, 6.07) is 19.4. The van der Waals surface area contributed by atoms with Crippen LogP contribution in [0.4, 0.5) is 10.1 Å². The second kappa shape index (κ2) is 4.91. The topological polar surface area (TPSA) is 48.1 Å². The van der Waals surface area contributed by atoms with E-state index in [9.17, 15) is 14.5 Å². The lowest BCUT2D eigenvalue weighted by Crippen LogP contribution is -2.02. The summed E-state index contributed by atoms with van der Waals surface area (Å²) < 4.78 is 15.8. The van der Waals surface area contributed by atoms with Crippen molar-refractivity contribution in [2.24, 2.45) is 0 Å². The highest BCUT2D eigenvalue weighted by atomic mass is 19.1. The maximum absolute atomic E-state index is 14.0.